The summed E-state index contributed by atoms with van der Waals surface area (Å²) in [7, 11) is 0. The molecule has 88 heavy (non-hydrogen) atoms. The second kappa shape index (κ2) is 20.9. The molecule has 7 aromatic heterocycles. The molecule has 0 aliphatic rings. The summed E-state index contributed by atoms with van der Waals surface area (Å²) in [5.41, 5.74) is 19.4. The number of hydrogen-bond donors (Lipinski definition) is 0. The molecule has 0 saturated carbocycles. The lowest BCUT2D eigenvalue weighted by molar-refractivity contribution is 0.953. The van der Waals surface area contributed by atoms with Crippen LogP contribution in [0.1, 0.15) is 0 Å². The van der Waals surface area contributed by atoms with Crippen LogP contribution in [-0.2, 0) is 0 Å². The van der Waals surface area contributed by atoms with Crippen LogP contribution in [0.5, 0.6) is 0 Å². The fourth-order valence-corrected chi connectivity index (χ4v) is 13.0. The van der Waals surface area contributed by atoms with E-state index in [0.29, 0.717) is 17.6 Å². The van der Waals surface area contributed by atoms with Crippen molar-refractivity contribution in [3.8, 4) is 68.3 Å². The number of hydrogen-bond acceptors (Lipinski definition) is 5. The van der Waals surface area contributed by atoms with Gasteiger partial charge < -0.3 is 13.7 Å². The van der Waals surface area contributed by atoms with Crippen LogP contribution in [-0.4, -0.2) is 43.2 Å². The number of benzene rings is 11. The largest absolute Gasteiger partial charge is 0.309 e. The summed E-state index contributed by atoms with van der Waals surface area (Å²) < 4.78 is 9.09. The van der Waals surface area contributed by atoms with E-state index in [4.69, 9.17) is 24.9 Å². The molecular formula is C79H51N9. The molecule has 0 aliphatic carbocycles. The first-order valence-electron chi connectivity index (χ1n) is 29.6. The maximum Gasteiger partial charge on any atom is 0.238 e. The fourth-order valence-electron chi connectivity index (χ4n) is 13.0. The lowest BCUT2D eigenvalue weighted by Gasteiger charge is -2.11. The number of nitrogens with zero attached hydrogens (tertiary/aromatic N) is 9. The predicted molar refractivity (Wildman–Crippen MR) is 361 cm³/mol. The van der Waals surface area contributed by atoms with Crippen molar-refractivity contribution in [3.05, 3.63) is 310 Å². The van der Waals surface area contributed by atoms with E-state index in [1.807, 2.05) is 72.9 Å². The lowest BCUT2D eigenvalue weighted by atomic mass is 10.0. The minimum Gasteiger partial charge on any atom is -0.309 e. The maximum atomic E-state index is 5.24. The molecule has 0 saturated heterocycles. The van der Waals surface area contributed by atoms with Gasteiger partial charge in [-0.15, -0.1) is 0 Å². The first-order valence-corrected chi connectivity index (χ1v) is 29.6. The molecule has 0 aliphatic heterocycles. The Kier molecular flexibility index (Phi) is 12.0. The van der Waals surface area contributed by atoms with Gasteiger partial charge in [0, 0.05) is 77.0 Å². The highest BCUT2D eigenvalue weighted by Crippen LogP contribution is 2.40. The van der Waals surface area contributed by atoms with Gasteiger partial charge in [0.2, 0.25) is 5.95 Å². The predicted octanol–water partition coefficient (Wildman–Crippen LogP) is 19.4. The van der Waals surface area contributed by atoms with Crippen molar-refractivity contribution >= 4 is 87.4 Å². The minimum absolute atomic E-state index is 0.574. The van der Waals surface area contributed by atoms with Crippen molar-refractivity contribution in [2.24, 2.45) is 0 Å². The lowest BCUT2D eigenvalue weighted by Crippen LogP contribution is -2.06. The topological polar surface area (TPSA) is 84.2 Å². The zero-order valence-electron chi connectivity index (χ0n) is 47.5. The normalized spacial score (nSPS) is 11.6. The van der Waals surface area contributed by atoms with Crippen LogP contribution in [0.3, 0.4) is 0 Å². The summed E-state index contributed by atoms with van der Waals surface area (Å²) >= 11 is 0. The van der Waals surface area contributed by atoms with Gasteiger partial charge in [0.15, 0.2) is 11.6 Å². The molecule has 0 amide bonds. The van der Waals surface area contributed by atoms with E-state index in [9.17, 15) is 0 Å². The van der Waals surface area contributed by atoms with Gasteiger partial charge in [-0.1, -0.05) is 200 Å². The van der Waals surface area contributed by atoms with Gasteiger partial charge >= 0.3 is 0 Å². The summed E-state index contributed by atoms with van der Waals surface area (Å²) in [6.45, 7) is 0. The van der Waals surface area contributed by atoms with E-state index in [1.165, 1.54) is 43.8 Å². The first kappa shape index (κ1) is 50.4. The third-order valence-corrected chi connectivity index (χ3v) is 16.9. The van der Waals surface area contributed by atoms with Crippen LogP contribution in [0.15, 0.2) is 310 Å². The smallest absolute Gasteiger partial charge is 0.238 e. The van der Waals surface area contributed by atoms with Crippen LogP contribution in [0.4, 0.5) is 0 Å². The van der Waals surface area contributed by atoms with E-state index in [0.717, 1.165) is 94.3 Å². The molecule has 7 heterocycles. The Bertz CT molecular complexity index is 5460. The Balaban J connectivity index is 0.000000142. The van der Waals surface area contributed by atoms with Crippen LogP contribution in [0.25, 0.3) is 156 Å². The van der Waals surface area contributed by atoms with E-state index in [2.05, 4.69) is 255 Å². The van der Waals surface area contributed by atoms with E-state index in [1.54, 1.807) is 0 Å². The number of aromatic nitrogens is 9. The van der Waals surface area contributed by atoms with Crippen LogP contribution in [0, 0.1) is 0 Å². The molecule has 0 bridgehead atoms. The van der Waals surface area contributed by atoms with Crippen LogP contribution < -0.4 is 0 Å². The van der Waals surface area contributed by atoms with Gasteiger partial charge in [0.1, 0.15) is 0 Å². The van der Waals surface area contributed by atoms with Crippen LogP contribution in [0.2, 0.25) is 0 Å². The van der Waals surface area contributed by atoms with Crippen LogP contribution >= 0.6 is 0 Å². The van der Waals surface area contributed by atoms with E-state index < -0.39 is 0 Å². The summed E-state index contributed by atoms with van der Waals surface area (Å²) in [6.07, 6.45) is 2.01. The van der Waals surface area contributed by atoms with Crippen molar-refractivity contribution in [2.75, 3.05) is 0 Å². The van der Waals surface area contributed by atoms with Crippen molar-refractivity contribution < 1.29 is 0 Å². The van der Waals surface area contributed by atoms with E-state index >= 15 is 0 Å². The van der Waals surface area contributed by atoms with Gasteiger partial charge in [0.25, 0.3) is 0 Å². The maximum absolute atomic E-state index is 5.24. The van der Waals surface area contributed by atoms with Gasteiger partial charge in [-0.25, -0.2) is 9.97 Å². The van der Waals surface area contributed by atoms with Gasteiger partial charge in [-0.05, 0) is 103 Å². The van der Waals surface area contributed by atoms with Crippen molar-refractivity contribution in [1.29, 1.82) is 0 Å². The fraction of sp³-hybridized carbons (Fsp3) is 0. The second-order valence-corrected chi connectivity index (χ2v) is 22.0. The third-order valence-electron chi connectivity index (χ3n) is 16.9. The quantitative estimate of drug-likeness (QED) is 0.151. The molecule has 0 spiro atoms. The minimum atomic E-state index is 0.574. The number of pyridine rings is 2. The molecule has 18 rings (SSSR count). The Morgan fingerprint density at radius 3 is 1.09 bits per heavy atom. The summed E-state index contributed by atoms with van der Waals surface area (Å²) in [5.74, 6) is 1.83. The number of rotatable bonds is 8. The summed E-state index contributed by atoms with van der Waals surface area (Å²) in [6, 6.07) is 106. The monoisotopic (exact) mass is 1130 g/mol. The molecule has 0 atom stereocenters. The zero-order chi connectivity index (χ0) is 58.1. The van der Waals surface area contributed by atoms with Gasteiger partial charge in [0.05, 0.1) is 67.2 Å². The summed E-state index contributed by atoms with van der Waals surface area (Å²) in [5, 5.41) is 8.24. The van der Waals surface area contributed by atoms with Crippen molar-refractivity contribution in [3.63, 3.8) is 0 Å². The molecule has 412 valence electrons. The number of para-hydroxylation sites is 7. The third kappa shape index (κ3) is 8.43. The molecule has 0 fully saturated rings. The Morgan fingerprint density at radius 1 is 0.216 bits per heavy atom. The SMILES string of the molecule is c1ccc(-c2nc(-c3ccccc3)nc(-n3c4ccccc4c4cc(-c5cc6c7ccccc7n(-c7ccccc7)c6cn5)ccc43)n2)cc1.c1ccc(-n2c3ccccc3c3cc(-c4ccc5c(n4)c4ccccc4n5-c4ccccc4)ccc32)cc1. The molecule has 9 heteroatoms. The molecular weight excluding hydrogens is 1070 g/mol. The molecule has 0 unspecified atom stereocenters. The number of fused-ring (bicyclic) bond motifs is 12. The molecule has 9 nitrogen and oxygen atoms in total. The molecule has 11 aromatic carbocycles. The highest BCUT2D eigenvalue weighted by molar-refractivity contribution is 6.14. The summed E-state index contributed by atoms with van der Waals surface area (Å²) in [4.78, 5) is 25.3. The zero-order valence-corrected chi connectivity index (χ0v) is 47.5. The Hall–Kier alpha value is -12.1. The average Bonchev–Trinajstić information content (AvgIpc) is 2.15. The van der Waals surface area contributed by atoms with E-state index in [-0.39, 0.29) is 0 Å². The highest BCUT2D eigenvalue weighted by Gasteiger charge is 2.21. The van der Waals surface area contributed by atoms with Gasteiger partial charge in [-0.2, -0.15) is 9.97 Å². The second-order valence-electron chi connectivity index (χ2n) is 22.0. The molecule has 18 aromatic rings. The van der Waals surface area contributed by atoms with Gasteiger partial charge in [-0.3, -0.25) is 9.55 Å². The molecule has 0 N–H and O–H groups in total. The van der Waals surface area contributed by atoms with Crippen molar-refractivity contribution in [2.45, 2.75) is 0 Å². The molecule has 0 radical (unpaired) electrons. The van der Waals surface area contributed by atoms with Crippen molar-refractivity contribution in [1.82, 2.24) is 43.2 Å². The Labute approximate surface area is 505 Å². The average molecular weight is 1130 g/mol. The Morgan fingerprint density at radius 2 is 0.580 bits per heavy atom. The first-order chi connectivity index (χ1) is 43.7. The standard InChI is InChI=1S/C44H28N6.C35H23N3/c1-4-14-29(15-5-1)42-46-43(30-16-6-2-7-17-30)48-44(47-42)50-39-23-13-11-20-33(39)35-26-31(24-25-40(35)50)37-27-36-34-21-10-12-22-38(34)49(41(36)28-45-37)32-18-8-3-9-19-32;1-3-11-25(12-4-1)37-31-17-9-7-15-27(31)29-23-24(19-21-33(29)37)30-20-22-34-35(36-30)28-16-8-10-18-32(28)38(34)26-13-5-2-6-14-26/h1-28H;1-23H. The highest BCUT2D eigenvalue weighted by atomic mass is 15.2.